The van der Waals surface area contributed by atoms with E-state index in [9.17, 15) is 14.4 Å². The van der Waals surface area contributed by atoms with Gasteiger partial charge in [-0.1, -0.05) is 108 Å². The van der Waals surface area contributed by atoms with Gasteiger partial charge in [0.1, 0.15) is 18.5 Å². The number of anilines is 4. The lowest BCUT2D eigenvalue weighted by Crippen LogP contribution is -2.47. The Labute approximate surface area is 378 Å². The van der Waals surface area contributed by atoms with Crippen molar-refractivity contribution in [3.8, 4) is 11.5 Å². The van der Waals surface area contributed by atoms with Crippen molar-refractivity contribution in [2.75, 3.05) is 31.0 Å². The average molecular weight is 893 g/mol. The summed E-state index contributed by atoms with van der Waals surface area (Å²) in [7, 11) is 3.23. The fraction of sp³-hybridized carbons (Fsp3) is 0.157. The molecule has 0 radical (unpaired) electrons. The summed E-state index contributed by atoms with van der Waals surface area (Å²) >= 11 is 8.22. The molecule has 11 nitrogen and oxygen atoms in total. The second-order valence-electron chi connectivity index (χ2n) is 15.0. The number of aryl methyl sites for hydroxylation is 1. The number of rotatable bonds is 12. The first kappa shape index (κ1) is 42.3. The summed E-state index contributed by atoms with van der Waals surface area (Å²) in [5, 5.41) is 5.67. The molecule has 0 amide bonds. The molecule has 2 aliphatic heterocycles. The van der Waals surface area contributed by atoms with Gasteiger partial charge in [0.05, 0.1) is 58.6 Å². The fourth-order valence-corrected chi connectivity index (χ4v) is 9.48. The van der Waals surface area contributed by atoms with E-state index in [1.165, 1.54) is 11.8 Å². The summed E-state index contributed by atoms with van der Waals surface area (Å²) in [6.45, 7) is 1.64. The predicted molar refractivity (Wildman–Crippen MR) is 246 cm³/mol. The van der Waals surface area contributed by atoms with E-state index in [2.05, 4.69) is 5.32 Å². The van der Waals surface area contributed by atoms with Gasteiger partial charge in [-0.2, -0.15) is 0 Å². The number of carbonyl (C=O) groups is 3. The first-order valence-corrected chi connectivity index (χ1v) is 21.6. The molecule has 0 bridgehead atoms. The Morgan fingerprint density at radius 3 is 1.91 bits per heavy atom. The minimum atomic E-state index is -1.31. The molecule has 1 N–H and O–H groups in total. The monoisotopic (exact) mass is 892 g/mol. The van der Waals surface area contributed by atoms with Gasteiger partial charge in [-0.05, 0) is 79.2 Å². The van der Waals surface area contributed by atoms with Gasteiger partial charge < -0.3 is 38.6 Å². The number of hydrogen-bond donors (Lipinski definition) is 1. The zero-order valence-electron chi connectivity index (χ0n) is 34.9. The van der Waals surface area contributed by atoms with Gasteiger partial charge in [0, 0.05) is 20.7 Å². The van der Waals surface area contributed by atoms with Crippen molar-refractivity contribution in [1.82, 2.24) is 0 Å². The number of esters is 3. The van der Waals surface area contributed by atoms with Crippen LogP contribution in [0.3, 0.4) is 0 Å². The first-order valence-electron chi connectivity index (χ1n) is 20.4. The molecule has 0 saturated carbocycles. The van der Waals surface area contributed by atoms with E-state index in [1.54, 1.807) is 111 Å². The van der Waals surface area contributed by atoms with Crippen molar-refractivity contribution >= 4 is 74.8 Å². The van der Waals surface area contributed by atoms with Crippen LogP contribution in [-0.2, 0) is 18.9 Å². The Morgan fingerprint density at radius 1 is 0.688 bits per heavy atom. The summed E-state index contributed by atoms with van der Waals surface area (Å²) in [6.07, 6.45) is -4.93. The summed E-state index contributed by atoms with van der Waals surface area (Å²) < 4.78 is 37.8. The highest BCUT2D eigenvalue weighted by Crippen LogP contribution is 2.60. The molecule has 64 heavy (non-hydrogen) atoms. The maximum absolute atomic E-state index is 14.3. The summed E-state index contributed by atoms with van der Waals surface area (Å²) in [6, 6.07) is 44.7. The molecular formula is C51H41ClN2O9S. The van der Waals surface area contributed by atoms with Crippen molar-refractivity contribution in [2.45, 2.75) is 41.3 Å². The summed E-state index contributed by atoms with van der Waals surface area (Å²) in [5.74, 6) is -0.808. The van der Waals surface area contributed by atoms with Gasteiger partial charge in [0.25, 0.3) is 0 Å². The van der Waals surface area contributed by atoms with Crippen molar-refractivity contribution in [3.05, 3.63) is 179 Å². The topological polar surface area (TPSA) is 122 Å². The SMILES string of the molecule is COc1ccc(C)cc1Nc1c2c(c3ccccc3c1OC)N([C@@H]1O[C@H](COC(=O)c3ccccc3)[C@@H](OC(=O)c3ccccc3)[C@H]1OC(=O)c1ccccc1)c1ccc(Cl)cc1S2. The number of carbonyl (C=O) groups excluding carboxylic acids is 3. The molecule has 9 rings (SSSR count). The lowest BCUT2D eigenvalue weighted by atomic mass is 10.0. The molecule has 0 unspecified atom stereocenters. The maximum atomic E-state index is 14.3. The Bertz CT molecular complexity index is 2870. The van der Waals surface area contributed by atoms with Crippen LogP contribution >= 0.6 is 23.4 Å². The van der Waals surface area contributed by atoms with Gasteiger partial charge in [-0.25, -0.2) is 14.4 Å². The number of hydrogen-bond acceptors (Lipinski definition) is 12. The molecule has 322 valence electrons. The minimum absolute atomic E-state index is 0.263. The highest BCUT2D eigenvalue weighted by molar-refractivity contribution is 8.00. The van der Waals surface area contributed by atoms with Crippen LogP contribution in [0.15, 0.2) is 161 Å². The molecule has 0 aromatic heterocycles. The molecule has 4 atom stereocenters. The third-order valence-electron chi connectivity index (χ3n) is 11.0. The zero-order chi connectivity index (χ0) is 44.3. The molecule has 2 heterocycles. The van der Waals surface area contributed by atoms with E-state index in [0.29, 0.717) is 44.8 Å². The van der Waals surface area contributed by atoms with E-state index in [0.717, 1.165) is 26.1 Å². The van der Waals surface area contributed by atoms with Gasteiger partial charge in [-0.3, -0.25) is 0 Å². The van der Waals surface area contributed by atoms with Crippen LogP contribution < -0.4 is 19.7 Å². The van der Waals surface area contributed by atoms with E-state index in [1.807, 2.05) is 66.4 Å². The summed E-state index contributed by atoms with van der Waals surface area (Å²) in [4.78, 5) is 45.2. The van der Waals surface area contributed by atoms with E-state index in [-0.39, 0.29) is 17.7 Å². The smallest absolute Gasteiger partial charge is 0.338 e. The molecule has 0 aliphatic carbocycles. The molecule has 7 aromatic rings. The van der Waals surface area contributed by atoms with Crippen LogP contribution in [0.5, 0.6) is 11.5 Å². The van der Waals surface area contributed by atoms with E-state index < -0.39 is 42.4 Å². The number of nitrogens with zero attached hydrogens (tertiary/aromatic N) is 1. The third-order valence-corrected chi connectivity index (χ3v) is 12.4. The van der Waals surface area contributed by atoms with Gasteiger partial charge in [0.2, 0.25) is 0 Å². The molecule has 1 saturated heterocycles. The number of benzene rings is 7. The van der Waals surface area contributed by atoms with Crippen LogP contribution in [0.25, 0.3) is 10.8 Å². The van der Waals surface area contributed by atoms with Gasteiger partial charge in [-0.15, -0.1) is 0 Å². The number of fused-ring (bicyclic) bond motifs is 4. The van der Waals surface area contributed by atoms with Crippen LogP contribution in [0.2, 0.25) is 5.02 Å². The van der Waals surface area contributed by atoms with E-state index in [4.69, 9.17) is 40.0 Å². The molecule has 13 heteroatoms. The van der Waals surface area contributed by atoms with Gasteiger partial charge in [0.15, 0.2) is 24.2 Å². The number of nitrogens with one attached hydrogen (secondary N) is 1. The highest BCUT2D eigenvalue weighted by atomic mass is 35.5. The number of methoxy groups -OCH3 is 2. The third kappa shape index (κ3) is 8.30. The largest absolute Gasteiger partial charge is 0.495 e. The van der Waals surface area contributed by atoms with Crippen LogP contribution in [-0.4, -0.2) is 63.3 Å². The predicted octanol–water partition coefficient (Wildman–Crippen LogP) is 11.2. The van der Waals surface area contributed by atoms with Crippen molar-refractivity contribution in [2.24, 2.45) is 0 Å². The first-order chi connectivity index (χ1) is 31.2. The average Bonchev–Trinajstić information content (AvgIpc) is 3.65. The normalized spacial score (nSPS) is 17.5. The van der Waals surface area contributed by atoms with Crippen molar-refractivity contribution in [1.29, 1.82) is 0 Å². The lowest BCUT2D eigenvalue weighted by molar-refractivity contribution is -0.0446. The van der Waals surface area contributed by atoms with Crippen molar-refractivity contribution in [3.63, 3.8) is 0 Å². The molecular weight excluding hydrogens is 852 g/mol. The van der Waals surface area contributed by atoms with Gasteiger partial charge >= 0.3 is 17.9 Å². The lowest BCUT2D eigenvalue weighted by Gasteiger charge is -2.40. The quantitative estimate of drug-likeness (QED) is 0.0928. The molecule has 2 aliphatic rings. The van der Waals surface area contributed by atoms with Crippen LogP contribution in [0.4, 0.5) is 22.7 Å². The highest BCUT2D eigenvalue weighted by Gasteiger charge is 2.54. The number of ether oxygens (including phenoxy) is 6. The Hall–Kier alpha value is -6.99. The molecule has 7 aromatic carbocycles. The number of halogens is 1. The Morgan fingerprint density at radius 2 is 1.28 bits per heavy atom. The summed E-state index contributed by atoms with van der Waals surface area (Å²) in [5.41, 5.74) is 4.51. The molecule has 1 fully saturated rings. The Kier molecular flexibility index (Phi) is 12.2. The fourth-order valence-electron chi connectivity index (χ4n) is 8.01. The maximum Gasteiger partial charge on any atom is 0.338 e. The van der Waals surface area contributed by atoms with Crippen molar-refractivity contribution < 1.29 is 42.8 Å². The minimum Gasteiger partial charge on any atom is -0.495 e. The van der Waals surface area contributed by atoms with Crippen LogP contribution in [0, 0.1) is 6.92 Å². The molecule has 0 spiro atoms. The van der Waals surface area contributed by atoms with Crippen LogP contribution in [0.1, 0.15) is 36.6 Å². The Balaban J connectivity index is 1.25. The second-order valence-corrected chi connectivity index (χ2v) is 16.5. The second kappa shape index (κ2) is 18.4. The van der Waals surface area contributed by atoms with E-state index >= 15 is 0 Å². The zero-order valence-corrected chi connectivity index (χ0v) is 36.4. The standard InChI is InChI=1S/C51H41ClN2O9S/c1-30-23-26-39(58-2)37(27-30)53-42-44(59-3)36-22-14-13-21-35(36)43-47(42)64-41-28-34(52)24-25-38(41)54(43)48-46(63-51(57)33-19-11-6-12-20-33)45(62-50(56)32-17-9-5-10-18-32)40(61-48)29-60-49(55)31-15-7-4-8-16-31/h4-28,40,45-46,48,53H,29H2,1-3H3/t40-,45-,46-,48-/m1/s1.